The van der Waals surface area contributed by atoms with Gasteiger partial charge in [0.1, 0.15) is 0 Å². The maximum Gasteiger partial charge on any atom is 0.673 e. The van der Waals surface area contributed by atoms with Crippen LogP contribution >= 0.6 is 0 Å². The fraction of sp³-hybridized carbons (Fsp3) is 0.143. The van der Waals surface area contributed by atoms with Gasteiger partial charge in [0.15, 0.2) is 4.98 Å². The molecule has 0 aromatic heterocycles. The Morgan fingerprint density at radius 2 is 1.53 bits per heavy atom. The van der Waals surface area contributed by atoms with Crippen molar-refractivity contribution in [3.05, 3.63) is 34.8 Å². The summed E-state index contributed by atoms with van der Waals surface area (Å²) in [4.78, 5) is 3.01. The number of hydrogen-bond acceptors (Lipinski definition) is 2. The summed E-state index contributed by atoms with van der Waals surface area (Å²) in [5, 5.41) is 8.29. The van der Waals surface area contributed by atoms with Gasteiger partial charge in [-0.05, 0) is 17.7 Å². The SMILES string of the molecule is F[B-](F)(F)F.N#[N+]c1ccc(CN)cc1. The van der Waals surface area contributed by atoms with Crippen molar-refractivity contribution >= 4 is 12.9 Å². The Kier molecular flexibility index (Phi) is 5.34. The molecule has 0 aliphatic carbocycles. The second kappa shape index (κ2) is 5.98. The van der Waals surface area contributed by atoms with Crippen molar-refractivity contribution in [2.75, 3.05) is 0 Å². The zero-order valence-corrected chi connectivity index (χ0v) is 7.58. The monoisotopic (exact) mass is 221 g/mol. The van der Waals surface area contributed by atoms with Gasteiger partial charge in [-0.15, -0.1) is 0 Å². The normalized spacial score (nSPS) is 9.87. The highest BCUT2D eigenvalue weighted by molar-refractivity contribution is 6.50. The lowest BCUT2D eigenvalue weighted by Crippen LogP contribution is -2.02. The Morgan fingerprint density at radius 1 is 1.13 bits per heavy atom. The van der Waals surface area contributed by atoms with E-state index >= 15 is 0 Å². The molecule has 0 spiro atoms. The Bertz CT molecular complexity index is 324. The predicted octanol–water partition coefficient (Wildman–Crippen LogP) is 2.93. The van der Waals surface area contributed by atoms with Crippen LogP contribution in [0.25, 0.3) is 4.98 Å². The van der Waals surface area contributed by atoms with Gasteiger partial charge in [-0.25, -0.2) is 0 Å². The minimum Gasteiger partial charge on any atom is -0.418 e. The first-order valence-electron chi connectivity index (χ1n) is 3.88. The van der Waals surface area contributed by atoms with Crippen molar-refractivity contribution in [2.24, 2.45) is 5.73 Å². The molecule has 0 aliphatic rings. The van der Waals surface area contributed by atoms with E-state index in [1.807, 2.05) is 12.1 Å². The molecule has 0 atom stereocenters. The molecule has 15 heavy (non-hydrogen) atoms. The van der Waals surface area contributed by atoms with Crippen molar-refractivity contribution in [3.8, 4) is 0 Å². The van der Waals surface area contributed by atoms with Crippen LogP contribution in [0.2, 0.25) is 0 Å². The Morgan fingerprint density at radius 3 is 1.80 bits per heavy atom. The lowest BCUT2D eigenvalue weighted by molar-refractivity contribution is 0.368. The topological polar surface area (TPSA) is 54.2 Å². The third-order valence-electron chi connectivity index (χ3n) is 1.29. The van der Waals surface area contributed by atoms with Gasteiger partial charge in [-0.1, -0.05) is 0 Å². The van der Waals surface area contributed by atoms with E-state index in [4.69, 9.17) is 11.1 Å². The maximum atomic E-state index is 9.75. The number of diazo groups is 1. The molecule has 0 aliphatic heterocycles. The van der Waals surface area contributed by atoms with Crippen LogP contribution in [-0.2, 0) is 6.54 Å². The molecule has 82 valence electrons. The number of rotatable bonds is 1. The second-order valence-electron chi connectivity index (χ2n) is 2.47. The lowest BCUT2D eigenvalue weighted by atomic mass is 10.2. The third-order valence-corrected chi connectivity index (χ3v) is 1.29. The maximum absolute atomic E-state index is 9.75. The van der Waals surface area contributed by atoms with Gasteiger partial charge < -0.3 is 23.0 Å². The highest BCUT2D eigenvalue weighted by atomic mass is 19.5. The smallest absolute Gasteiger partial charge is 0.418 e. The summed E-state index contributed by atoms with van der Waals surface area (Å²) < 4.78 is 39.0. The molecule has 0 heterocycles. The molecule has 0 bridgehead atoms. The lowest BCUT2D eigenvalue weighted by Gasteiger charge is -1.94. The first-order chi connectivity index (χ1) is 6.86. The molecule has 1 rings (SSSR count). The average molecular weight is 221 g/mol. The standard InChI is InChI=1S/C7H8N3.BF4/c8-5-6-1-3-7(10-9)4-2-6;2-1(3,4)5/h1-4H,5,8H2;/q+1;-1. The second-order valence-corrected chi connectivity index (χ2v) is 2.47. The summed E-state index contributed by atoms with van der Waals surface area (Å²) in [5.41, 5.74) is 6.94. The van der Waals surface area contributed by atoms with Gasteiger partial charge in [0.25, 0.3) is 0 Å². The van der Waals surface area contributed by atoms with Gasteiger partial charge in [-0.3, -0.25) is 0 Å². The Labute approximate surface area is 83.6 Å². The predicted molar refractivity (Wildman–Crippen MR) is 49.3 cm³/mol. The zero-order chi connectivity index (χ0) is 11.9. The molecule has 0 saturated carbocycles. The quantitative estimate of drug-likeness (QED) is 0.450. The fourth-order valence-corrected chi connectivity index (χ4v) is 0.699. The van der Waals surface area contributed by atoms with E-state index in [1.165, 1.54) is 0 Å². The van der Waals surface area contributed by atoms with E-state index in [0.717, 1.165) is 5.56 Å². The summed E-state index contributed by atoms with van der Waals surface area (Å²) in [6, 6.07) is 7.08. The minimum absolute atomic E-state index is 0.520. The van der Waals surface area contributed by atoms with E-state index < -0.39 is 7.25 Å². The molecule has 0 amide bonds. The first-order valence-corrected chi connectivity index (χ1v) is 3.88. The van der Waals surface area contributed by atoms with Gasteiger partial charge in [-0.2, -0.15) is 0 Å². The molecule has 2 N–H and O–H groups in total. The third kappa shape index (κ3) is 8.71. The summed E-state index contributed by atoms with van der Waals surface area (Å²) in [7, 11) is -6.00. The molecule has 1 aromatic rings. The van der Waals surface area contributed by atoms with Crippen LogP contribution in [0.3, 0.4) is 0 Å². The van der Waals surface area contributed by atoms with Gasteiger partial charge >= 0.3 is 12.9 Å². The highest BCUT2D eigenvalue weighted by Crippen LogP contribution is 2.11. The summed E-state index contributed by atoms with van der Waals surface area (Å²) >= 11 is 0. The van der Waals surface area contributed by atoms with Crippen molar-refractivity contribution in [2.45, 2.75) is 6.54 Å². The van der Waals surface area contributed by atoms with Gasteiger partial charge in [0, 0.05) is 18.7 Å². The van der Waals surface area contributed by atoms with Crippen LogP contribution in [-0.4, -0.2) is 7.25 Å². The van der Waals surface area contributed by atoms with E-state index in [0.29, 0.717) is 12.2 Å². The molecule has 0 radical (unpaired) electrons. The number of hydrogen-bond donors (Lipinski definition) is 1. The van der Waals surface area contributed by atoms with Crippen LogP contribution in [0.1, 0.15) is 5.56 Å². The minimum atomic E-state index is -6.00. The zero-order valence-electron chi connectivity index (χ0n) is 7.58. The number of benzene rings is 1. The molecular formula is C7H8BF4N3. The Hall–Kier alpha value is -1.62. The molecule has 0 saturated heterocycles. The summed E-state index contributed by atoms with van der Waals surface area (Å²) in [6.45, 7) is 0.520. The molecule has 3 nitrogen and oxygen atoms in total. The molecule has 8 heteroatoms. The highest BCUT2D eigenvalue weighted by Gasteiger charge is 2.20. The van der Waals surface area contributed by atoms with Crippen molar-refractivity contribution in [1.82, 2.24) is 0 Å². The van der Waals surface area contributed by atoms with Gasteiger partial charge in [0.05, 0.1) is 0 Å². The summed E-state index contributed by atoms with van der Waals surface area (Å²) in [6.07, 6.45) is 0. The van der Waals surface area contributed by atoms with Crippen molar-refractivity contribution in [3.63, 3.8) is 0 Å². The summed E-state index contributed by atoms with van der Waals surface area (Å²) in [5.74, 6) is 0. The molecule has 0 fully saturated rings. The largest absolute Gasteiger partial charge is 0.673 e. The Balaban J connectivity index is 0.000000336. The van der Waals surface area contributed by atoms with Gasteiger partial charge in [0.2, 0.25) is 5.39 Å². The van der Waals surface area contributed by atoms with Crippen LogP contribution in [0.15, 0.2) is 24.3 Å². The van der Waals surface area contributed by atoms with E-state index in [-0.39, 0.29) is 0 Å². The number of halogens is 4. The van der Waals surface area contributed by atoms with Crippen LogP contribution in [0.5, 0.6) is 0 Å². The fourth-order valence-electron chi connectivity index (χ4n) is 0.699. The van der Waals surface area contributed by atoms with Crippen LogP contribution in [0, 0.1) is 5.39 Å². The van der Waals surface area contributed by atoms with Crippen LogP contribution in [0.4, 0.5) is 23.0 Å². The van der Waals surface area contributed by atoms with Crippen molar-refractivity contribution < 1.29 is 17.3 Å². The van der Waals surface area contributed by atoms with E-state index in [9.17, 15) is 17.3 Å². The number of nitrogens with zero attached hydrogens (tertiary/aromatic N) is 2. The molecular weight excluding hydrogens is 213 g/mol. The molecule has 0 unspecified atom stereocenters. The first kappa shape index (κ1) is 13.4. The van der Waals surface area contributed by atoms with E-state index in [2.05, 4.69) is 4.98 Å². The average Bonchev–Trinajstić information content (AvgIpc) is 2.15. The number of nitrogens with two attached hydrogens (primary N) is 1. The van der Waals surface area contributed by atoms with E-state index in [1.54, 1.807) is 12.1 Å². The molecule has 1 aromatic carbocycles. The van der Waals surface area contributed by atoms with Crippen LogP contribution < -0.4 is 5.73 Å². The van der Waals surface area contributed by atoms with Crippen molar-refractivity contribution in [1.29, 1.82) is 5.39 Å².